The molecule has 0 aliphatic rings. The van der Waals surface area contributed by atoms with Crippen LogP contribution in [0.1, 0.15) is 386 Å². The Balaban J connectivity index is 3.36. The Hall–Kier alpha value is -2.44. The lowest BCUT2D eigenvalue weighted by molar-refractivity contribution is -0.143. The lowest BCUT2D eigenvalue weighted by atomic mass is 10.0. The first kappa shape index (κ1) is 79.6. The molecule has 3 N–H and O–H groups in total. The SMILES string of the molecule is CCCC/C=C\C/C=C\CCCCCCCC(=O)OCCCCCCCCCCCCCCCCC/C=C\C/C=C\CCCCCCCCCCCCCCCCCCCC(=O)NC(CO)C(O)/C=C/CCCCCCCCCCCC. The zero-order valence-electron chi connectivity index (χ0n) is 55.0. The van der Waals surface area contributed by atoms with Crippen molar-refractivity contribution in [2.45, 2.75) is 398 Å². The average Bonchev–Trinajstić information content (AvgIpc) is 3.48. The molecule has 6 nitrogen and oxygen atoms in total. The van der Waals surface area contributed by atoms with E-state index in [4.69, 9.17) is 4.74 Å². The van der Waals surface area contributed by atoms with Crippen molar-refractivity contribution in [2.75, 3.05) is 13.2 Å². The molecule has 0 aromatic carbocycles. The third-order valence-electron chi connectivity index (χ3n) is 16.8. The summed E-state index contributed by atoms with van der Waals surface area (Å²) in [4.78, 5) is 24.5. The molecule has 0 aromatic heterocycles. The molecule has 0 radical (unpaired) electrons. The summed E-state index contributed by atoms with van der Waals surface area (Å²) in [5.74, 6) is -0.0594. The fraction of sp³-hybridized carbons (Fsp3) is 0.842. The van der Waals surface area contributed by atoms with Gasteiger partial charge in [-0.1, -0.05) is 344 Å². The number of hydrogen-bond acceptors (Lipinski definition) is 5. The van der Waals surface area contributed by atoms with Crippen LogP contribution in [-0.4, -0.2) is 47.4 Å². The minimum atomic E-state index is -0.842. The van der Waals surface area contributed by atoms with Crippen molar-refractivity contribution < 1.29 is 24.5 Å². The summed E-state index contributed by atoms with van der Waals surface area (Å²) >= 11 is 0. The van der Waals surface area contributed by atoms with Crippen molar-refractivity contribution >= 4 is 11.9 Å². The number of unbranched alkanes of at least 4 members (excludes halogenated alkanes) is 49. The first-order chi connectivity index (χ1) is 40.5. The van der Waals surface area contributed by atoms with Crippen LogP contribution in [-0.2, 0) is 14.3 Å². The van der Waals surface area contributed by atoms with Gasteiger partial charge in [0, 0.05) is 12.8 Å². The number of amides is 1. The van der Waals surface area contributed by atoms with E-state index in [0.717, 1.165) is 57.8 Å². The Kier molecular flexibility index (Phi) is 68.9. The minimum absolute atomic E-state index is 0.00524. The number of aliphatic hydroxyl groups excluding tert-OH is 2. The lowest BCUT2D eigenvalue weighted by Gasteiger charge is -2.20. The van der Waals surface area contributed by atoms with E-state index in [1.54, 1.807) is 6.08 Å². The predicted octanol–water partition coefficient (Wildman–Crippen LogP) is 23.8. The van der Waals surface area contributed by atoms with E-state index in [-0.39, 0.29) is 18.5 Å². The van der Waals surface area contributed by atoms with Crippen LogP contribution in [0, 0.1) is 0 Å². The molecular formula is C76H141NO5. The van der Waals surface area contributed by atoms with Gasteiger partial charge in [0.1, 0.15) is 0 Å². The molecule has 0 saturated carbocycles. The molecule has 0 saturated heterocycles. The Morgan fingerprint density at radius 3 is 0.963 bits per heavy atom. The first-order valence-electron chi connectivity index (χ1n) is 36.6. The van der Waals surface area contributed by atoms with Crippen LogP contribution in [0.3, 0.4) is 0 Å². The fourth-order valence-corrected chi connectivity index (χ4v) is 11.2. The molecule has 6 heteroatoms. The second-order valence-corrected chi connectivity index (χ2v) is 24.9. The Morgan fingerprint density at radius 1 is 0.341 bits per heavy atom. The number of esters is 1. The van der Waals surface area contributed by atoms with Gasteiger partial charge in [-0.15, -0.1) is 0 Å². The zero-order valence-corrected chi connectivity index (χ0v) is 55.0. The van der Waals surface area contributed by atoms with E-state index in [9.17, 15) is 19.8 Å². The van der Waals surface area contributed by atoms with Gasteiger partial charge in [0.15, 0.2) is 0 Å². The summed E-state index contributed by atoms with van der Waals surface area (Å²) in [7, 11) is 0. The van der Waals surface area contributed by atoms with Crippen molar-refractivity contribution in [1.82, 2.24) is 5.32 Å². The van der Waals surface area contributed by atoms with E-state index < -0.39 is 12.1 Å². The van der Waals surface area contributed by atoms with Crippen molar-refractivity contribution in [3.05, 3.63) is 60.8 Å². The molecule has 2 unspecified atom stereocenters. The summed E-state index contributed by atoms with van der Waals surface area (Å²) in [5.41, 5.74) is 0. The summed E-state index contributed by atoms with van der Waals surface area (Å²) < 4.78 is 5.48. The van der Waals surface area contributed by atoms with Gasteiger partial charge < -0.3 is 20.3 Å². The van der Waals surface area contributed by atoms with E-state index in [0.29, 0.717) is 19.4 Å². The number of carbonyl (C=O) groups is 2. The average molecular weight is 1150 g/mol. The van der Waals surface area contributed by atoms with Gasteiger partial charge in [0.25, 0.3) is 0 Å². The number of aliphatic hydroxyl groups is 2. The van der Waals surface area contributed by atoms with E-state index in [2.05, 4.69) is 67.8 Å². The molecule has 0 aliphatic heterocycles. The fourth-order valence-electron chi connectivity index (χ4n) is 11.2. The molecular weight excluding hydrogens is 1010 g/mol. The quantitative estimate of drug-likeness (QED) is 0.0320. The lowest BCUT2D eigenvalue weighted by Crippen LogP contribution is -2.45. The normalized spacial score (nSPS) is 12.9. The Morgan fingerprint density at radius 2 is 0.622 bits per heavy atom. The highest BCUT2D eigenvalue weighted by Gasteiger charge is 2.18. The highest BCUT2D eigenvalue weighted by Crippen LogP contribution is 2.18. The molecule has 0 aromatic rings. The number of rotatable bonds is 68. The highest BCUT2D eigenvalue weighted by molar-refractivity contribution is 5.76. The van der Waals surface area contributed by atoms with Gasteiger partial charge >= 0.3 is 5.97 Å². The maximum absolute atomic E-state index is 12.5. The number of ether oxygens (including phenoxy) is 1. The van der Waals surface area contributed by atoms with E-state index in [1.165, 1.54) is 302 Å². The number of allylic oxidation sites excluding steroid dienone is 9. The van der Waals surface area contributed by atoms with Crippen molar-refractivity contribution in [3.63, 3.8) is 0 Å². The molecule has 2 atom stereocenters. The van der Waals surface area contributed by atoms with Crippen LogP contribution in [0.25, 0.3) is 0 Å². The second-order valence-electron chi connectivity index (χ2n) is 24.9. The van der Waals surface area contributed by atoms with Crippen molar-refractivity contribution in [2.24, 2.45) is 0 Å². The molecule has 0 spiro atoms. The third-order valence-corrected chi connectivity index (χ3v) is 16.8. The summed E-state index contributed by atoms with van der Waals surface area (Å²) in [6.07, 6.45) is 94.7. The van der Waals surface area contributed by atoms with Crippen LogP contribution in [0.2, 0.25) is 0 Å². The predicted molar refractivity (Wildman–Crippen MR) is 361 cm³/mol. The largest absolute Gasteiger partial charge is 0.466 e. The first-order valence-corrected chi connectivity index (χ1v) is 36.6. The number of carbonyl (C=O) groups excluding carboxylic acids is 2. The van der Waals surface area contributed by atoms with Gasteiger partial charge in [-0.05, 0) is 89.9 Å². The van der Waals surface area contributed by atoms with Gasteiger partial charge in [-0.3, -0.25) is 9.59 Å². The zero-order chi connectivity index (χ0) is 59.2. The Labute approximate surface area is 511 Å². The summed E-state index contributed by atoms with van der Waals surface area (Å²) in [5, 5.41) is 23.1. The number of nitrogens with one attached hydrogen (secondary N) is 1. The highest BCUT2D eigenvalue weighted by atomic mass is 16.5. The molecule has 0 fully saturated rings. The molecule has 0 rings (SSSR count). The molecule has 480 valence electrons. The van der Waals surface area contributed by atoms with Gasteiger partial charge in [-0.25, -0.2) is 0 Å². The van der Waals surface area contributed by atoms with Crippen LogP contribution < -0.4 is 5.32 Å². The third kappa shape index (κ3) is 66.7. The maximum atomic E-state index is 12.5. The molecule has 0 heterocycles. The van der Waals surface area contributed by atoms with Crippen molar-refractivity contribution in [3.8, 4) is 0 Å². The second kappa shape index (κ2) is 71.0. The van der Waals surface area contributed by atoms with Crippen LogP contribution >= 0.6 is 0 Å². The summed E-state index contributed by atoms with van der Waals surface area (Å²) in [6, 6.07) is -0.625. The smallest absolute Gasteiger partial charge is 0.305 e. The standard InChI is InChI=1S/C76H141NO5/c1-3-5-7-9-11-13-15-17-46-50-54-58-62-66-70-76(81)82-71-67-63-59-55-51-47-44-42-40-38-36-34-32-30-28-26-24-22-20-18-19-21-23-25-27-29-31-33-35-37-39-41-43-45-49-53-57-61-65-69-75(80)77-73(72-78)74(79)68-64-60-56-52-48-16-14-12-10-8-6-4-2/h9,11,15,17-19,22,24,64,68,73-74,78-79H,3-8,10,12-14,16,20-21,23,25-63,65-67,69-72H2,1-2H3,(H,77,80)/b11-9-,17-15-,19-18-,24-22-,68-64+. The monoisotopic (exact) mass is 1150 g/mol. The van der Waals surface area contributed by atoms with Gasteiger partial charge in [0.2, 0.25) is 5.91 Å². The molecule has 0 bridgehead atoms. The molecule has 1 amide bonds. The molecule has 0 aliphatic carbocycles. The van der Waals surface area contributed by atoms with Crippen molar-refractivity contribution in [1.29, 1.82) is 0 Å². The van der Waals surface area contributed by atoms with Gasteiger partial charge in [-0.2, -0.15) is 0 Å². The van der Waals surface area contributed by atoms with E-state index in [1.807, 2.05) is 6.08 Å². The summed E-state index contributed by atoms with van der Waals surface area (Å²) in [6.45, 7) is 4.87. The van der Waals surface area contributed by atoms with Crippen LogP contribution in [0.15, 0.2) is 60.8 Å². The van der Waals surface area contributed by atoms with Gasteiger partial charge in [0.05, 0.1) is 25.4 Å². The topological polar surface area (TPSA) is 95.9 Å². The van der Waals surface area contributed by atoms with E-state index >= 15 is 0 Å². The molecule has 82 heavy (non-hydrogen) atoms. The maximum Gasteiger partial charge on any atom is 0.305 e. The number of hydrogen-bond donors (Lipinski definition) is 3. The van der Waals surface area contributed by atoms with Crippen LogP contribution in [0.5, 0.6) is 0 Å². The minimum Gasteiger partial charge on any atom is -0.466 e. The Bertz CT molecular complexity index is 1420. The van der Waals surface area contributed by atoms with Crippen LogP contribution in [0.4, 0.5) is 0 Å².